The van der Waals surface area contributed by atoms with Crippen molar-refractivity contribution < 1.29 is 9.53 Å². The van der Waals surface area contributed by atoms with E-state index in [-0.39, 0.29) is 12.1 Å². The molecule has 1 aromatic heterocycles. The van der Waals surface area contributed by atoms with Gasteiger partial charge in [-0.3, -0.25) is 4.90 Å². The predicted octanol–water partition coefficient (Wildman–Crippen LogP) is 0.318. The van der Waals surface area contributed by atoms with Crippen molar-refractivity contribution in [1.82, 2.24) is 20.3 Å². The Morgan fingerprint density at radius 1 is 1.77 bits per heavy atom. The number of amides is 1. The number of aromatic nitrogens is 3. The zero-order valence-corrected chi connectivity index (χ0v) is 7.23. The number of nitrogens with one attached hydrogen (secondary N) is 1. The summed E-state index contributed by atoms with van der Waals surface area (Å²) in [5.41, 5.74) is 0.749. The smallest absolute Gasteiger partial charge is 0.410 e. The average molecular weight is 182 g/mol. The van der Waals surface area contributed by atoms with Crippen molar-refractivity contribution in [3.05, 3.63) is 11.9 Å². The number of nitrogens with zero attached hydrogens (tertiary/aromatic N) is 3. The molecule has 1 amide bonds. The second-order valence-corrected chi connectivity index (χ2v) is 2.88. The summed E-state index contributed by atoms with van der Waals surface area (Å²) >= 11 is 0. The van der Waals surface area contributed by atoms with Gasteiger partial charge in [-0.25, -0.2) is 4.79 Å². The molecule has 0 aliphatic carbocycles. The van der Waals surface area contributed by atoms with E-state index in [1.54, 1.807) is 11.1 Å². The Balaban J connectivity index is 2.13. The fraction of sp³-hybridized carbons (Fsp3) is 0.571. The van der Waals surface area contributed by atoms with E-state index in [9.17, 15) is 4.79 Å². The quantitative estimate of drug-likeness (QED) is 0.714. The lowest BCUT2D eigenvalue weighted by atomic mass is 10.2. The first kappa shape index (κ1) is 8.03. The molecule has 0 aromatic carbocycles. The van der Waals surface area contributed by atoms with Gasteiger partial charge in [-0.2, -0.15) is 15.4 Å². The SMILES string of the molecule is CC(c1cn[nH]n1)N1CCOC1=O. The number of H-pyrrole nitrogens is 1. The summed E-state index contributed by atoms with van der Waals surface area (Å²) in [6.07, 6.45) is 1.33. The number of cyclic esters (lactones) is 1. The fourth-order valence-corrected chi connectivity index (χ4v) is 1.33. The van der Waals surface area contributed by atoms with Gasteiger partial charge in [0.25, 0.3) is 0 Å². The zero-order chi connectivity index (χ0) is 9.26. The van der Waals surface area contributed by atoms with Crippen LogP contribution in [-0.2, 0) is 4.74 Å². The van der Waals surface area contributed by atoms with Gasteiger partial charge in [-0.05, 0) is 6.92 Å². The van der Waals surface area contributed by atoms with Crippen molar-refractivity contribution in [3.63, 3.8) is 0 Å². The van der Waals surface area contributed by atoms with Crippen molar-refractivity contribution in [2.75, 3.05) is 13.2 Å². The van der Waals surface area contributed by atoms with Gasteiger partial charge in [-0.15, -0.1) is 0 Å². The minimum atomic E-state index is -0.282. The van der Waals surface area contributed by atoms with Crippen LogP contribution in [0.2, 0.25) is 0 Å². The van der Waals surface area contributed by atoms with Crippen LogP contribution in [0.25, 0.3) is 0 Å². The first-order valence-electron chi connectivity index (χ1n) is 4.08. The Morgan fingerprint density at radius 3 is 3.15 bits per heavy atom. The lowest BCUT2D eigenvalue weighted by Gasteiger charge is -2.18. The Labute approximate surface area is 74.9 Å². The van der Waals surface area contributed by atoms with Gasteiger partial charge in [0.1, 0.15) is 12.3 Å². The molecule has 1 unspecified atom stereocenters. The van der Waals surface area contributed by atoms with Crippen LogP contribution < -0.4 is 0 Å². The Kier molecular flexibility index (Phi) is 1.88. The van der Waals surface area contributed by atoms with E-state index in [0.717, 1.165) is 5.69 Å². The van der Waals surface area contributed by atoms with Gasteiger partial charge in [0.15, 0.2) is 0 Å². The highest BCUT2D eigenvalue weighted by molar-refractivity contribution is 5.69. The molecule has 1 saturated heterocycles. The molecule has 1 fully saturated rings. The largest absolute Gasteiger partial charge is 0.448 e. The number of rotatable bonds is 2. The topological polar surface area (TPSA) is 71.1 Å². The molecule has 6 heteroatoms. The van der Waals surface area contributed by atoms with E-state index < -0.39 is 0 Å². The molecule has 2 heterocycles. The zero-order valence-electron chi connectivity index (χ0n) is 7.23. The molecule has 2 rings (SSSR count). The lowest BCUT2D eigenvalue weighted by Crippen LogP contribution is -2.27. The molecule has 0 saturated carbocycles. The third kappa shape index (κ3) is 1.34. The molecule has 1 N–H and O–H groups in total. The molecule has 0 bridgehead atoms. The summed E-state index contributed by atoms with van der Waals surface area (Å²) in [5.74, 6) is 0. The molecule has 70 valence electrons. The predicted molar refractivity (Wildman–Crippen MR) is 42.9 cm³/mol. The fourth-order valence-electron chi connectivity index (χ4n) is 1.33. The highest BCUT2D eigenvalue weighted by atomic mass is 16.6. The standard InChI is InChI=1S/C7H10N4O2/c1-5(6-4-8-10-9-6)11-2-3-13-7(11)12/h4-5H,2-3H2,1H3,(H,8,9,10). The number of carbonyl (C=O) groups excluding carboxylic acids is 1. The summed E-state index contributed by atoms with van der Waals surface area (Å²) in [6, 6.07) is -0.0752. The molecule has 1 atom stereocenters. The molecule has 13 heavy (non-hydrogen) atoms. The molecular formula is C7H10N4O2. The van der Waals surface area contributed by atoms with E-state index in [1.807, 2.05) is 6.92 Å². The highest BCUT2D eigenvalue weighted by Crippen LogP contribution is 2.20. The summed E-state index contributed by atoms with van der Waals surface area (Å²) in [7, 11) is 0. The third-order valence-corrected chi connectivity index (χ3v) is 2.12. The Bertz CT molecular complexity index is 297. The normalized spacial score (nSPS) is 18.8. The van der Waals surface area contributed by atoms with E-state index in [0.29, 0.717) is 13.2 Å². The summed E-state index contributed by atoms with van der Waals surface area (Å²) in [4.78, 5) is 12.8. The summed E-state index contributed by atoms with van der Waals surface area (Å²) < 4.78 is 4.81. The Morgan fingerprint density at radius 2 is 2.62 bits per heavy atom. The van der Waals surface area contributed by atoms with Crippen LogP contribution in [0.5, 0.6) is 0 Å². The summed E-state index contributed by atoms with van der Waals surface area (Å²) in [6.45, 7) is 2.97. The second kappa shape index (κ2) is 3.04. The minimum Gasteiger partial charge on any atom is -0.448 e. The maximum atomic E-state index is 11.2. The number of carbonyl (C=O) groups is 1. The van der Waals surface area contributed by atoms with Crippen molar-refractivity contribution in [1.29, 1.82) is 0 Å². The third-order valence-electron chi connectivity index (χ3n) is 2.12. The maximum Gasteiger partial charge on any atom is 0.410 e. The molecule has 1 aromatic rings. The minimum absolute atomic E-state index is 0.0752. The highest BCUT2D eigenvalue weighted by Gasteiger charge is 2.28. The van der Waals surface area contributed by atoms with E-state index in [2.05, 4.69) is 15.4 Å². The van der Waals surface area contributed by atoms with Gasteiger partial charge in [0.05, 0.1) is 18.8 Å². The van der Waals surface area contributed by atoms with Gasteiger partial charge >= 0.3 is 6.09 Å². The first-order valence-corrected chi connectivity index (χ1v) is 4.08. The lowest BCUT2D eigenvalue weighted by molar-refractivity contribution is 0.149. The van der Waals surface area contributed by atoms with Crippen LogP contribution in [0.4, 0.5) is 4.79 Å². The molecule has 0 spiro atoms. The van der Waals surface area contributed by atoms with Crippen molar-refractivity contribution in [2.45, 2.75) is 13.0 Å². The van der Waals surface area contributed by atoms with Gasteiger partial charge in [0, 0.05) is 0 Å². The van der Waals surface area contributed by atoms with Gasteiger partial charge in [0.2, 0.25) is 0 Å². The molecular weight excluding hydrogens is 172 g/mol. The van der Waals surface area contributed by atoms with E-state index in [1.165, 1.54) is 0 Å². The Hall–Kier alpha value is -1.59. The van der Waals surface area contributed by atoms with Crippen LogP contribution in [-0.4, -0.2) is 39.6 Å². The molecule has 0 radical (unpaired) electrons. The van der Waals surface area contributed by atoms with Crippen molar-refractivity contribution in [2.24, 2.45) is 0 Å². The number of hydrogen-bond donors (Lipinski definition) is 1. The van der Waals surface area contributed by atoms with E-state index in [4.69, 9.17) is 4.74 Å². The van der Waals surface area contributed by atoms with Crippen molar-refractivity contribution >= 4 is 6.09 Å². The van der Waals surface area contributed by atoms with E-state index >= 15 is 0 Å². The second-order valence-electron chi connectivity index (χ2n) is 2.88. The first-order chi connectivity index (χ1) is 6.29. The molecule has 6 nitrogen and oxygen atoms in total. The maximum absolute atomic E-state index is 11.2. The molecule has 1 aliphatic rings. The van der Waals surface area contributed by atoms with Crippen LogP contribution in [0.3, 0.4) is 0 Å². The monoisotopic (exact) mass is 182 g/mol. The number of ether oxygens (including phenoxy) is 1. The summed E-state index contributed by atoms with van der Waals surface area (Å²) in [5, 5.41) is 10.1. The van der Waals surface area contributed by atoms with Crippen LogP contribution in [0.15, 0.2) is 6.20 Å². The molecule has 1 aliphatic heterocycles. The van der Waals surface area contributed by atoms with Gasteiger partial charge in [-0.1, -0.05) is 0 Å². The van der Waals surface area contributed by atoms with Crippen LogP contribution in [0, 0.1) is 0 Å². The van der Waals surface area contributed by atoms with Crippen LogP contribution in [0.1, 0.15) is 18.7 Å². The average Bonchev–Trinajstić information content (AvgIpc) is 2.72. The van der Waals surface area contributed by atoms with Crippen molar-refractivity contribution in [3.8, 4) is 0 Å². The number of aromatic amines is 1. The number of hydrogen-bond acceptors (Lipinski definition) is 4. The van der Waals surface area contributed by atoms with Crippen LogP contribution >= 0.6 is 0 Å². The van der Waals surface area contributed by atoms with Gasteiger partial charge < -0.3 is 4.74 Å².